The molecule has 4 nitrogen and oxygen atoms in total. The van der Waals surface area contributed by atoms with E-state index < -0.39 is 12.1 Å². The Morgan fingerprint density at radius 3 is 1.36 bits per heavy atom. The van der Waals surface area contributed by atoms with Crippen LogP contribution in [0, 0.1) is 22.7 Å². The van der Waals surface area contributed by atoms with Gasteiger partial charge in [-0.15, -0.1) is 0 Å². The highest BCUT2D eigenvalue weighted by molar-refractivity contribution is 5.18. The highest BCUT2D eigenvalue weighted by Crippen LogP contribution is 2.02. The maximum Gasteiger partial charge on any atom is 0.125 e. The van der Waals surface area contributed by atoms with Gasteiger partial charge in [0.15, 0.2) is 0 Å². The molecule has 2 rings (SSSR count). The summed E-state index contributed by atoms with van der Waals surface area (Å²) in [6.07, 6.45) is 0. The zero-order chi connectivity index (χ0) is 15.6. The second kappa shape index (κ2) is 8.59. The van der Waals surface area contributed by atoms with E-state index in [-0.39, 0.29) is 0 Å². The first-order chi connectivity index (χ1) is 10.8. The van der Waals surface area contributed by atoms with Crippen LogP contribution in [0.2, 0.25) is 0 Å². The van der Waals surface area contributed by atoms with E-state index in [1.165, 1.54) is 0 Å². The molecule has 0 fully saturated rings. The lowest BCUT2D eigenvalue weighted by atomic mass is 10.1. The van der Waals surface area contributed by atoms with Crippen LogP contribution in [0.1, 0.15) is 11.1 Å². The molecule has 2 aromatic rings. The van der Waals surface area contributed by atoms with E-state index in [2.05, 4.69) is 22.8 Å². The minimum atomic E-state index is -0.561. The average Bonchev–Trinajstić information content (AvgIpc) is 2.59. The molecule has 0 spiro atoms. The van der Waals surface area contributed by atoms with Crippen molar-refractivity contribution < 1.29 is 0 Å². The number of hydrogen-bond donors (Lipinski definition) is 2. The Bertz CT molecular complexity index is 581. The first kappa shape index (κ1) is 15.7. The fourth-order valence-corrected chi connectivity index (χ4v) is 2.12. The lowest BCUT2D eigenvalue weighted by Gasteiger charge is -2.18. The summed E-state index contributed by atoms with van der Waals surface area (Å²) in [4.78, 5) is 0. The largest absolute Gasteiger partial charge is 0.296 e. The van der Waals surface area contributed by atoms with Crippen molar-refractivity contribution in [2.45, 2.75) is 25.2 Å². The Hall–Kier alpha value is -2.66. The SMILES string of the molecule is N#CC(NCc1ccccc1)C(C#N)NCc1ccccc1. The van der Waals surface area contributed by atoms with Crippen molar-refractivity contribution in [3.8, 4) is 12.1 Å². The molecule has 0 aromatic heterocycles. The van der Waals surface area contributed by atoms with Crippen molar-refractivity contribution in [2.24, 2.45) is 0 Å². The molecule has 0 radical (unpaired) electrons. The summed E-state index contributed by atoms with van der Waals surface area (Å²) in [5.41, 5.74) is 2.17. The van der Waals surface area contributed by atoms with Crippen LogP contribution in [0.5, 0.6) is 0 Å². The number of nitrogens with zero attached hydrogens (tertiary/aromatic N) is 2. The topological polar surface area (TPSA) is 71.6 Å². The molecule has 2 atom stereocenters. The Morgan fingerprint density at radius 1 is 0.682 bits per heavy atom. The zero-order valence-electron chi connectivity index (χ0n) is 12.2. The molecule has 0 aliphatic carbocycles. The van der Waals surface area contributed by atoms with E-state index in [1.54, 1.807) is 0 Å². The maximum atomic E-state index is 9.30. The second-order valence-electron chi connectivity index (χ2n) is 4.95. The lowest BCUT2D eigenvalue weighted by molar-refractivity contribution is 0.481. The van der Waals surface area contributed by atoms with Crippen LogP contribution in [0.3, 0.4) is 0 Å². The van der Waals surface area contributed by atoms with Gasteiger partial charge in [-0.25, -0.2) is 0 Å². The Kier molecular flexibility index (Phi) is 6.14. The summed E-state index contributed by atoms with van der Waals surface area (Å²) in [7, 11) is 0. The molecule has 0 saturated carbocycles. The summed E-state index contributed by atoms with van der Waals surface area (Å²) in [6.45, 7) is 1.12. The van der Waals surface area contributed by atoms with Gasteiger partial charge in [0.25, 0.3) is 0 Å². The van der Waals surface area contributed by atoms with Crippen LogP contribution in [0.25, 0.3) is 0 Å². The molecule has 22 heavy (non-hydrogen) atoms. The first-order valence-corrected chi connectivity index (χ1v) is 7.17. The quantitative estimate of drug-likeness (QED) is 0.821. The Morgan fingerprint density at radius 2 is 1.05 bits per heavy atom. The van der Waals surface area contributed by atoms with Gasteiger partial charge in [-0.2, -0.15) is 10.5 Å². The van der Waals surface area contributed by atoms with Gasteiger partial charge in [-0.3, -0.25) is 10.6 Å². The Labute approximate surface area is 131 Å². The van der Waals surface area contributed by atoms with Crippen molar-refractivity contribution >= 4 is 0 Å². The normalized spacial score (nSPS) is 12.8. The molecule has 0 aliphatic heterocycles. The molecule has 110 valence electrons. The summed E-state index contributed by atoms with van der Waals surface area (Å²) < 4.78 is 0. The molecule has 2 aromatic carbocycles. The molecular weight excluding hydrogens is 272 g/mol. The van der Waals surface area contributed by atoms with Gasteiger partial charge >= 0.3 is 0 Å². The maximum absolute atomic E-state index is 9.30. The van der Waals surface area contributed by atoms with Gasteiger partial charge in [0, 0.05) is 13.1 Å². The number of rotatable bonds is 7. The van der Waals surface area contributed by atoms with Gasteiger partial charge < -0.3 is 0 Å². The predicted molar refractivity (Wildman–Crippen MR) is 85.4 cm³/mol. The van der Waals surface area contributed by atoms with E-state index in [0.717, 1.165) is 11.1 Å². The molecular formula is C18H18N4. The van der Waals surface area contributed by atoms with Gasteiger partial charge in [0.2, 0.25) is 0 Å². The molecule has 4 heteroatoms. The molecule has 0 saturated heterocycles. The average molecular weight is 290 g/mol. The van der Waals surface area contributed by atoms with Crippen LogP contribution in [-0.4, -0.2) is 12.1 Å². The van der Waals surface area contributed by atoms with Crippen LogP contribution < -0.4 is 10.6 Å². The van der Waals surface area contributed by atoms with Gasteiger partial charge in [-0.05, 0) is 11.1 Å². The number of benzene rings is 2. The molecule has 0 heterocycles. The minimum Gasteiger partial charge on any atom is -0.296 e. The van der Waals surface area contributed by atoms with Crippen LogP contribution >= 0.6 is 0 Å². The van der Waals surface area contributed by atoms with Gasteiger partial charge in [-0.1, -0.05) is 60.7 Å². The third-order valence-corrected chi connectivity index (χ3v) is 3.35. The number of nitrogens with one attached hydrogen (secondary N) is 2. The fraction of sp³-hybridized carbons (Fsp3) is 0.222. The summed E-state index contributed by atoms with van der Waals surface area (Å²) in [5, 5.41) is 24.9. The smallest absolute Gasteiger partial charge is 0.125 e. The van der Waals surface area contributed by atoms with E-state index in [1.807, 2.05) is 60.7 Å². The van der Waals surface area contributed by atoms with E-state index in [4.69, 9.17) is 0 Å². The lowest BCUT2D eigenvalue weighted by Crippen LogP contribution is -2.45. The molecule has 0 amide bonds. The second-order valence-corrected chi connectivity index (χ2v) is 4.95. The van der Waals surface area contributed by atoms with E-state index >= 15 is 0 Å². The summed E-state index contributed by atoms with van der Waals surface area (Å²) >= 11 is 0. The molecule has 2 unspecified atom stereocenters. The predicted octanol–water partition coefficient (Wildman–Crippen LogP) is 2.35. The molecule has 0 aliphatic rings. The van der Waals surface area contributed by atoms with Crippen molar-refractivity contribution in [2.75, 3.05) is 0 Å². The van der Waals surface area contributed by atoms with Crippen molar-refractivity contribution in [3.63, 3.8) is 0 Å². The first-order valence-electron chi connectivity index (χ1n) is 7.17. The van der Waals surface area contributed by atoms with Crippen LogP contribution in [0.4, 0.5) is 0 Å². The van der Waals surface area contributed by atoms with Gasteiger partial charge in [0.05, 0.1) is 12.1 Å². The highest BCUT2D eigenvalue weighted by atomic mass is 15.0. The number of nitriles is 2. The fourth-order valence-electron chi connectivity index (χ4n) is 2.12. The van der Waals surface area contributed by atoms with Gasteiger partial charge in [0.1, 0.15) is 12.1 Å². The number of hydrogen-bond acceptors (Lipinski definition) is 4. The van der Waals surface area contributed by atoms with E-state index in [0.29, 0.717) is 13.1 Å². The molecule has 0 bridgehead atoms. The Balaban J connectivity index is 1.90. The molecule has 2 N–H and O–H groups in total. The monoisotopic (exact) mass is 290 g/mol. The third kappa shape index (κ3) is 4.71. The van der Waals surface area contributed by atoms with Crippen molar-refractivity contribution in [1.82, 2.24) is 10.6 Å². The van der Waals surface area contributed by atoms with E-state index in [9.17, 15) is 10.5 Å². The summed E-state index contributed by atoms with van der Waals surface area (Å²) in [6, 6.07) is 22.9. The minimum absolute atomic E-state index is 0.560. The van der Waals surface area contributed by atoms with Crippen LogP contribution in [0.15, 0.2) is 60.7 Å². The van der Waals surface area contributed by atoms with Crippen molar-refractivity contribution in [3.05, 3.63) is 71.8 Å². The van der Waals surface area contributed by atoms with Crippen molar-refractivity contribution in [1.29, 1.82) is 10.5 Å². The standard InChI is InChI=1S/C18H18N4/c19-11-17(21-13-15-7-3-1-4-8-15)18(12-20)22-14-16-9-5-2-6-10-16/h1-10,17-18,21-22H,13-14H2. The zero-order valence-corrected chi connectivity index (χ0v) is 12.2. The highest BCUT2D eigenvalue weighted by Gasteiger charge is 2.19. The van der Waals surface area contributed by atoms with Crippen LogP contribution in [-0.2, 0) is 13.1 Å². The summed E-state index contributed by atoms with van der Waals surface area (Å²) in [5.74, 6) is 0. The third-order valence-electron chi connectivity index (χ3n) is 3.35.